The second kappa shape index (κ2) is 7.31. The Morgan fingerprint density at radius 3 is 2.58 bits per heavy atom. The Hall–Kier alpha value is -1.40. The molecule has 0 aromatic heterocycles. The van der Waals surface area contributed by atoms with Crippen LogP contribution in [0.5, 0.6) is 0 Å². The molecule has 6 heteroatoms. The SMILES string of the molecule is Cc1ccc(C)c(S(=O)(=O)C2(C(=O)NC3CCNCC3C)CCCC2)c1. The summed E-state index contributed by atoms with van der Waals surface area (Å²) in [4.78, 5) is 13.6. The number of amides is 1. The van der Waals surface area contributed by atoms with Crippen molar-refractivity contribution in [3.05, 3.63) is 29.3 Å². The summed E-state index contributed by atoms with van der Waals surface area (Å²) >= 11 is 0. The van der Waals surface area contributed by atoms with Crippen molar-refractivity contribution >= 4 is 15.7 Å². The van der Waals surface area contributed by atoms with Crippen LogP contribution in [0, 0.1) is 19.8 Å². The number of carbonyl (C=O) groups is 1. The average Bonchev–Trinajstić information content (AvgIpc) is 3.10. The molecule has 1 saturated carbocycles. The van der Waals surface area contributed by atoms with Gasteiger partial charge in [0.25, 0.3) is 0 Å². The molecule has 0 bridgehead atoms. The lowest BCUT2D eigenvalue weighted by molar-refractivity contribution is -0.124. The zero-order valence-corrected chi connectivity index (χ0v) is 16.8. The van der Waals surface area contributed by atoms with E-state index in [1.54, 1.807) is 6.07 Å². The number of benzene rings is 1. The zero-order valence-electron chi connectivity index (χ0n) is 16.0. The molecule has 1 amide bonds. The average molecular weight is 379 g/mol. The van der Waals surface area contributed by atoms with Crippen LogP contribution in [0.15, 0.2) is 23.1 Å². The van der Waals surface area contributed by atoms with E-state index in [0.717, 1.165) is 37.9 Å². The number of piperidine rings is 1. The van der Waals surface area contributed by atoms with Crippen LogP contribution >= 0.6 is 0 Å². The van der Waals surface area contributed by atoms with Gasteiger partial charge in [0.2, 0.25) is 5.91 Å². The zero-order chi connectivity index (χ0) is 18.9. The first-order chi connectivity index (χ1) is 12.3. The number of hydrogen-bond acceptors (Lipinski definition) is 4. The Morgan fingerprint density at radius 1 is 1.23 bits per heavy atom. The Morgan fingerprint density at radius 2 is 1.92 bits per heavy atom. The maximum absolute atomic E-state index is 13.6. The van der Waals surface area contributed by atoms with E-state index in [1.807, 2.05) is 26.0 Å². The van der Waals surface area contributed by atoms with Crippen molar-refractivity contribution in [1.29, 1.82) is 0 Å². The summed E-state index contributed by atoms with van der Waals surface area (Å²) in [6, 6.07) is 5.49. The van der Waals surface area contributed by atoms with Crippen molar-refractivity contribution in [1.82, 2.24) is 10.6 Å². The summed E-state index contributed by atoms with van der Waals surface area (Å²) in [7, 11) is -3.75. The standard InChI is InChI=1S/C20H30N2O3S/c1-14-6-7-15(2)18(12-14)26(24,25)20(9-4-5-10-20)19(23)22-17-8-11-21-13-16(17)3/h6-7,12,16-17,21H,4-5,8-11,13H2,1-3H3,(H,22,23). The Bertz CT molecular complexity index is 782. The highest BCUT2D eigenvalue weighted by atomic mass is 32.2. The third-order valence-corrected chi connectivity index (χ3v) is 8.72. The van der Waals surface area contributed by atoms with Crippen LogP contribution in [0.25, 0.3) is 0 Å². The molecule has 2 unspecified atom stereocenters. The summed E-state index contributed by atoms with van der Waals surface area (Å²) < 4.78 is 25.9. The first kappa shape index (κ1) is 19.4. The number of aryl methyl sites for hydroxylation is 2. The second-order valence-electron chi connectivity index (χ2n) is 8.02. The van der Waals surface area contributed by atoms with Crippen LogP contribution < -0.4 is 10.6 Å². The van der Waals surface area contributed by atoms with Crippen LogP contribution in [0.4, 0.5) is 0 Å². The Balaban J connectivity index is 1.96. The fraction of sp³-hybridized carbons (Fsp3) is 0.650. The number of hydrogen-bond donors (Lipinski definition) is 2. The van der Waals surface area contributed by atoms with Gasteiger partial charge in [0.1, 0.15) is 0 Å². The molecule has 1 heterocycles. The summed E-state index contributed by atoms with van der Waals surface area (Å²) in [6.45, 7) is 7.49. The van der Waals surface area contributed by atoms with Gasteiger partial charge in [0, 0.05) is 6.04 Å². The van der Waals surface area contributed by atoms with Crippen molar-refractivity contribution in [3.8, 4) is 0 Å². The molecule has 1 aliphatic heterocycles. The third-order valence-electron chi connectivity index (χ3n) is 6.07. The minimum Gasteiger partial charge on any atom is -0.352 e. The monoisotopic (exact) mass is 378 g/mol. The summed E-state index contributed by atoms with van der Waals surface area (Å²) in [5, 5.41) is 6.42. The highest BCUT2D eigenvalue weighted by Crippen LogP contribution is 2.42. The predicted molar refractivity (Wildman–Crippen MR) is 103 cm³/mol. The molecule has 144 valence electrons. The van der Waals surface area contributed by atoms with Crippen molar-refractivity contribution in [2.75, 3.05) is 13.1 Å². The van der Waals surface area contributed by atoms with Crippen molar-refractivity contribution in [2.45, 2.75) is 68.6 Å². The maximum atomic E-state index is 13.6. The lowest BCUT2D eigenvalue weighted by Crippen LogP contribution is -2.57. The second-order valence-corrected chi connectivity index (χ2v) is 10.3. The first-order valence-electron chi connectivity index (χ1n) is 9.61. The van der Waals surface area contributed by atoms with E-state index in [4.69, 9.17) is 0 Å². The lowest BCUT2D eigenvalue weighted by atomic mass is 9.94. The van der Waals surface area contributed by atoms with Crippen molar-refractivity contribution < 1.29 is 13.2 Å². The molecule has 2 atom stereocenters. The normalized spacial score (nSPS) is 25.8. The van der Waals surface area contributed by atoms with E-state index >= 15 is 0 Å². The molecule has 1 aromatic rings. The van der Waals surface area contributed by atoms with Gasteiger partial charge in [-0.25, -0.2) is 8.42 Å². The summed E-state index contributed by atoms with van der Waals surface area (Å²) in [5.41, 5.74) is 1.61. The largest absolute Gasteiger partial charge is 0.352 e. The molecule has 3 rings (SSSR count). The van der Waals surface area contributed by atoms with Gasteiger partial charge in [-0.3, -0.25) is 4.79 Å². The van der Waals surface area contributed by atoms with Gasteiger partial charge in [-0.05, 0) is 69.3 Å². The van der Waals surface area contributed by atoms with Crippen molar-refractivity contribution in [2.24, 2.45) is 5.92 Å². The lowest BCUT2D eigenvalue weighted by Gasteiger charge is -2.35. The highest BCUT2D eigenvalue weighted by molar-refractivity contribution is 7.93. The minimum atomic E-state index is -3.75. The van der Waals surface area contributed by atoms with Gasteiger partial charge in [0.05, 0.1) is 4.90 Å². The van der Waals surface area contributed by atoms with Gasteiger partial charge < -0.3 is 10.6 Å². The first-order valence-corrected chi connectivity index (χ1v) is 11.1. The van der Waals surface area contributed by atoms with Gasteiger partial charge in [-0.1, -0.05) is 31.9 Å². The number of nitrogens with one attached hydrogen (secondary N) is 2. The number of rotatable bonds is 4. The quantitative estimate of drug-likeness (QED) is 0.844. The predicted octanol–water partition coefficient (Wildman–Crippen LogP) is 2.50. The molecule has 2 N–H and O–H groups in total. The molecule has 1 aliphatic carbocycles. The van der Waals surface area contributed by atoms with Crippen molar-refractivity contribution in [3.63, 3.8) is 0 Å². The summed E-state index contributed by atoms with van der Waals surface area (Å²) in [5.74, 6) is 0.00391. The molecular formula is C20H30N2O3S. The third kappa shape index (κ3) is 3.29. The molecule has 0 radical (unpaired) electrons. The maximum Gasteiger partial charge on any atom is 0.242 e. The van der Waals surface area contributed by atoms with E-state index in [-0.39, 0.29) is 11.9 Å². The van der Waals surface area contributed by atoms with Crippen LogP contribution in [0.1, 0.15) is 50.2 Å². The molecule has 2 aliphatic rings. The number of carbonyl (C=O) groups excluding carboxylic acids is 1. The van der Waals surface area contributed by atoms with Crippen LogP contribution in [0.2, 0.25) is 0 Å². The van der Waals surface area contributed by atoms with E-state index in [0.29, 0.717) is 29.2 Å². The van der Waals surface area contributed by atoms with Gasteiger partial charge in [-0.15, -0.1) is 0 Å². The van der Waals surface area contributed by atoms with Gasteiger partial charge in [0.15, 0.2) is 14.6 Å². The molecule has 0 spiro atoms. The van der Waals surface area contributed by atoms with Gasteiger partial charge >= 0.3 is 0 Å². The fourth-order valence-electron chi connectivity index (χ4n) is 4.30. The van der Waals surface area contributed by atoms with E-state index in [1.165, 1.54) is 0 Å². The molecule has 1 saturated heterocycles. The Labute approximate surface area is 156 Å². The molecule has 26 heavy (non-hydrogen) atoms. The van der Waals surface area contributed by atoms with Crippen LogP contribution in [-0.4, -0.2) is 38.2 Å². The molecule has 5 nitrogen and oxygen atoms in total. The molecule has 1 aromatic carbocycles. The van der Waals surface area contributed by atoms with E-state index in [2.05, 4.69) is 17.6 Å². The minimum absolute atomic E-state index is 0.0371. The van der Waals surface area contributed by atoms with Crippen LogP contribution in [-0.2, 0) is 14.6 Å². The smallest absolute Gasteiger partial charge is 0.242 e. The number of sulfone groups is 1. The topological polar surface area (TPSA) is 75.3 Å². The van der Waals surface area contributed by atoms with E-state index < -0.39 is 14.6 Å². The fourth-order valence-corrected chi connectivity index (χ4v) is 6.68. The molecule has 2 fully saturated rings. The Kier molecular flexibility index (Phi) is 5.45. The summed E-state index contributed by atoms with van der Waals surface area (Å²) in [6.07, 6.45) is 3.22. The highest BCUT2D eigenvalue weighted by Gasteiger charge is 2.53. The van der Waals surface area contributed by atoms with Gasteiger partial charge in [-0.2, -0.15) is 0 Å². The molecular weight excluding hydrogens is 348 g/mol. The van der Waals surface area contributed by atoms with Crippen LogP contribution in [0.3, 0.4) is 0 Å². The van der Waals surface area contributed by atoms with E-state index in [9.17, 15) is 13.2 Å².